The first-order chi connectivity index (χ1) is 13.2. The van der Waals surface area contributed by atoms with Crippen molar-refractivity contribution in [3.63, 3.8) is 0 Å². The number of hydrogen-bond donors (Lipinski definition) is 1. The molecule has 0 radical (unpaired) electrons. The molecule has 0 amide bonds. The molecule has 28 heavy (non-hydrogen) atoms. The number of ether oxygens (including phenoxy) is 1. The fourth-order valence-electron chi connectivity index (χ4n) is 3.09. The molecule has 0 bridgehead atoms. The van der Waals surface area contributed by atoms with Crippen LogP contribution in [-0.4, -0.2) is 16.5 Å². The highest BCUT2D eigenvalue weighted by Gasteiger charge is 2.52. The van der Waals surface area contributed by atoms with Gasteiger partial charge in [-0.15, -0.1) is 13.2 Å². The molecule has 1 saturated carbocycles. The zero-order valence-electron chi connectivity index (χ0n) is 14.1. The molecule has 10 heteroatoms. The van der Waals surface area contributed by atoms with Gasteiger partial charge in [0, 0.05) is 26.9 Å². The minimum Gasteiger partial charge on any atom is -0.406 e. The molecular weight excluding hydrogens is 418 g/mol. The van der Waals surface area contributed by atoms with E-state index in [-0.39, 0.29) is 11.6 Å². The summed E-state index contributed by atoms with van der Waals surface area (Å²) < 4.78 is 46.0. The number of benzene rings is 2. The van der Waals surface area contributed by atoms with Crippen molar-refractivity contribution < 1.29 is 22.4 Å². The highest BCUT2D eigenvalue weighted by molar-refractivity contribution is 6.36. The van der Waals surface area contributed by atoms with Crippen LogP contribution in [0.3, 0.4) is 0 Å². The van der Waals surface area contributed by atoms with Gasteiger partial charge in [0.1, 0.15) is 5.75 Å². The number of aromatic nitrogens is 2. The van der Waals surface area contributed by atoms with Gasteiger partial charge in [0.25, 0.3) is 5.89 Å². The molecular formula is C18H12Cl2F3N3O2. The van der Waals surface area contributed by atoms with Crippen molar-refractivity contribution >= 4 is 28.9 Å². The summed E-state index contributed by atoms with van der Waals surface area (Å²) >= 11 is 12.7. The van der Waals surface area contributed by atoms with Gasteiger partial charge in [-0.25, -0.2) is 0 Å². The largest absolute Gasteiger partial charge is 0.573 e. The van der Waals surface area contributed by atoms with E-state index in [0.29, 0.717) is 32.7 Å². The Hall–Kier alpha value is -2.45. The van der Waals surface area contributed by atoms with Crippen molar-refractivity contribution in [3.05, 3.63) is 57.8 Å². The van der Waals surface area contributed by atoms with Crippen LogP contribution >= 0.6 is 23.2 Å². The lowest BCUT2D eigenvalue weighted by Gasteiger charge is -2.15. The molecule has 1 aliphatic carbocycles. The van der Waals surface area contributed by atoms with Gasteiger partial charge in [-0.1, -0.05) is 28.4 Å². The van der Waals surface area contributed by atoms with Crippen LogP contribution in [-0.2, 0) is 5.41 Å². The Labute approximate surface area is 167 Å². The fourth-order valence-corrected chi connectivity index (χ4v) is 3.96. The van der Waals surface area contributed by atoms with Crippen molar-refractivity contribution in [3.8, 4) is 17.2 Å². The van der Waals surface area contributed by atoms with Crippen LogP contribution in [0.1, 0.15) is 24.2 Å². The predicted octanol–water partition coefficient (Wildman–Crippen LogP) is 5.60. The van der Waals surface area contributed by atoms with Crippen molar-refractivity contribution in [2.75, 3.05) is 5.73 Å². The third-order valence-corrected chi connectivity index (χ3v) is 5.08. The minimum absolute atomic E-state index is 0.169. The second-order valence-electron chi connectivity index (χ2n) is 6.44. The first kappa shape index (κ1) is 18.9. The van der Waals surface area contributed by atoms with Crippen molar-refractivity contribution in [2.45, 2.75) is 24.6 Å². The molecule has 2 aromatic carbocycles. The third kappa shape index (κ3) is 3.49. The number of nitrogens with two attached hydrogens (primary N) is 1. The Bertz CT molecular complexity index is 1010. The lowest BCUT2D eigenvalue weighted by molar-refractivity contribution is -0.274. The molecule has 1 fully saturated rings. The maximum Gasteiger partial charge on any atom is 0.573 e. The Kier molecular flexibility index (Phi) is 4.43. The highest BCUT2D eigenvalue weighted by atomic mass is 35.5. The van der Waals surface area contributed by atoms with E-state index in [4.69, 9.17) is 33.5 Å². The predicted molar refractivity (Wildman–Crippen MR) is 97.3 cm³/mol. The van der Waals surface area contributed by atoms with Crippen LogP contribution < -0.4 is 10.5 Å². The van der Waals surface area contributed by atoms with E-state index in [1.165, 1.54) is 24.3 Å². The van der Waals surface area contributed by atoms with Gasteiger partial charge in [-0.3, -0.25) is 0 Å². The summed E-state index contributed by atoms with van der Waals surface area (Å²) in [4.78, 5) is 4.41. The summed E-state index contributed by atoms with van der Waals surface area (Å²) in [7, 11) is 0. The van der Waals surface area contributed by atoms with E-state index in [9.17, 15) is 13.2 Å². The molecule has 1 heterocycles. The van der Waals surface area contributed by atoms with E-state index in [2.05, 4.69) is 14.9 Å². The zero-order chi connectivity index (χ0) is 20.1. The zero-order valence-corrected chi connectivity index (χ0v) is 15.6. The van der Waals surface area contributed by atoms with Gasteiger partial charge >= 0.3 is 6.36 Å². The number of nitrogen functional groups attached to an aromatic ring is 1. The van der Waals surface area contributed by atoms with Crippen LogP contribution in [0, 0.1) is 0 Å². The average Bonchev–Trinajstić information content (AvgIpc) is 3.21. The molecule has 5 nitrogen and oxygen atoms in total. The van der Waals surface area contributed by atoms with Crippen LogP contribution in [0.4, 0.5) is 18.9 Å². The average molecular weight is 430 g/mol. The van der Waals surface area contributed by atoms with Crippen LogP contribution in [0.25, 0.3) is 11.5 Å². The van der Waals surface area contributed by atoms with E-state index in [1.54, 1.807) is 12.1 Å². The van der Waals surface area contributed by atoms with Crippen LogP contribution in [0.15, 0.2) is 40.9 Å². The summed E-state index contributed by atoms with van der Waals surface area (Å²) in [6, 6.07) is 8.38. The Morgan fingerprint density at radius 1 is 1.07 bits per heavy atom. The molecule has 1 aromatic heterocycles. The quantitative estimate of drug-likeness (QED) is 0.546. The van der Waals surface area contributed by atoms with E-state index >= 15 is 0 Å². The summed E-state index contributed by atoms with van der Waals surface area (Å²) in [6.45, 7) is 0. The second kappa shape index (κ2) is 6.56. The fraction of sp³-hybridized carbons (Fsp3) is 0.222. The van der Waals surface area contributed by atoms with E-state index < -0.39 is 11.8 Å². The van der Waals surface area contributed by atoms with Crippen molar-refractivity contribution in [2.24, 2.45) is 0 Å². The summed E-state index contributed by atoms with van der Waals surface area (Å²) in [5.41, 5.74) is 6.79. The van der Waals surface area contributed by atoms with Crippen LogP contribution in [0.5, 0.6) is 5.75 Å². The topological polar surface area (TPSA) is 74.2 Å². The standard InChI is InChI=1S/C18H12Cl2F3N3O2/c19-12-7-10(24)8-13(20)14(12)17(5-6-17)16-25-15(28-26-16)9-1-3-11(4-2-9)27-18(21,22)23/h1-4,7-8H,5-6,24H2. The van der Waals surface area contributed by atoms with Crippen LogP contribution in [0.2, 0.25) is 10.0 Å². The molecule has 2 N–H and O–H groups in total. The molecule has 146 valence electrons. The molecule has 0 aliphatic heterocycles. The van der Waals surface area contributed by atoms with Gasteiger partial charge < -0.3 is 15.0 Å². The Balaban J connectivity index is 1.63. The highest BCUT2D eigenvalue weighted by Crippen LogP contribution is 2.56. The lowest BCUT2D eigenvalue weighted by Crippen LogP contribution is -2.16. The second-order valence-corrected chi connectivity index (χ2v) is 7.25. The maximum absolute atomic E-state index is 12.3. The third-order valence-electron chi connectivity index (χ3n) is 4.48. The number of rotatable bonds is 4. The first-order valence-corrected chi connectivity index (χ1v) is 8.89. The van der Waals surface area contributed by atoms with Gasteiger partial charge in [0.2, 0.25) is 0 Å². The Morgan fingerprint density at radius 2 is 1.68 bits per heavy atom. The molecule has 0 spiro atoms. The molecule has 3 aromatic rings. The molecule has 0 saturated heterocycles. The maximum atomic E-state index is 12.3. The van der Waals surface area contributed by atoms with E-state index in [1.807, 2.05) is 0 Å². The normalized spacial score (nSPS) is 15.5. The van der Waals surface area contributed by atoms with Gasteiger partial charge in [-0.2, -0.15) is 4.98 Å². The summed E-state index contributed by atoms with van der Waals surface area (Å²) in [5, 5.41) is 4.88. The van der Waals surface area contributed by atoms with Gasteiger partial charge in [-0.05, 0) is 49.2 Å². The Morgan fingerprint density at radius 3 is 2.21 bits per heavy atom. The lowest BCUT2D eigenvalue weighted by atomic mass is 9.94. The van der Waals surface area contributed by atoms with Gasteiger partial charge in [0.05, 0.1) is 5.41 Å². The van der Waals surface area contributed by atoms with Crippen molar-refractivity contribution in [1.29, 1.82) is 0 Å². The molecule has 0 atom stereocenters. The molecule has 4 rings (SSSR count). The first-order valence-electron chi connectivity index (χ1n) is 8.13. The number of halogens is 5. The number of anilines is 1. The summed E-state index contributed by atoms with van der Waals surface area (Å²) in [5.74, 6) is 0.240. The molecule has 0 unspecified atom stereocenters. The molecule has 1 aliphatic rings. The van der Waals surface area contributed by atoms with Gasteiger partial charge in [0.15, 0.2) is 5.82 Å². The van der Waals surface area contributed by atoms with E-state index in [0.717, 1.165) is 12.8 Å². The number of nitrogens with zero attached hydrogens (tertiary/aromatic N) is 2. The number of alkyl halides is 3. The monoisotopic (exact) mass is 429 g/mol. The summed E-state index contributed by atoms with van der Waals surface area (Å²) in [6.07, 6.45) is -3.30. The SMILES string of the molecule is Nc1cc(Cl)c(C2(c3noc(-c4ccc(OC(F)(F)F)cc4)n3)CC2)c(Cl)c1. The number of hydrogen-bond acceptors (Lipinski definition) is 5. The minimum atomic E-state index is -4.75. The smallest absolute Gasteiger partial charge is 0.406 e. The van der Waals surface area contributed by atoms with Crippen molar-refractivity contribution in [1.82, 2.24) is 10.1 Å².